The molecule has 4 nitrogen and oxygen atoms in total. The Hall–Kier alpha value is -1.20. The fraction of sp³-hybridized carbons (Fsp3) is 0.455. The Balaban J connectivity index is 2.30. The number of aryl methyl sites for hydroxylation is 1. The summed E-state index contributed by atoms with van der Waals surface area (Å²) in [6.45, 7) is 5.96. The van der Waals surface area contributed by atoms with Crippen LogP contribution in [0.15, 0.2) is 15.3 Å². The first kappa shape index (κ1) is 11.3. The first-order valence-corrected chi connectivity index (χ1v) is 6.16. The molecular formula is C11H15N3OS. The Morgan fingerprint density at radius 3 is 2.69 bits per heavy atom. The van der Waals surface area contributed by atoms with E-state index in [1.165, 1.54) is 5.56 Å². The van der Waals surface area contributed by atoms with Crippen molar-refractivity contribution in [3.8, 4) is 11.4 Å². The van der Waals surface area contributed by atoms with Gasteiger partial charge in [0.1, 0.15) is 0 Å². The van der Waals surface area contributed by atoms with Crippen molar-refractivity contribution in [2.75, 3.05) is 0 Å². The Morgan fingerprint density at radius 1 is 1.38 bits per heavy atom. The Kier molecular flexibility index (Phi) is 3.07. The van der Waals surface area contributed by atoms with Crippen LogP contribution in [0.2, 0.25) is 0 Å². The highest BCUT2D eigenvalue weighted by Crippen LogP contribution is 2.26. The summed E-state index contributed by atoms with van der Waals surface area (Å²) in [4.78, 5) is 4.38. The van der Waals surface area contributed by atoms with E-state index in [4.69, 9.17) is 10.3 Å². The lowest BCUT2D eigenvalue weighted by atomic mass is 10.1. The highest BCUT2D eigenvalue weighted by Gasteiger charge is 2.19. The summed E-state index contributed by atoms with van der Waals surface area (Å²) in [6, 6.07) is 0.0110. The summed E-state index contributed by atoms with van der Waals surface area (Å²) in [6.07, 6.45) is 0. The van der Waals surface area contributed by atoms with Crippen molar-refractivity contribution < 1.29 is 4.52 Å². The molecule has 0 aliphatic rings. The van der Waals surface area contributed by atoms with Gasteiger partial charge in [0.2, 0.25) is 11.7 Å². The van der Waals surface area contributed by atoms with Gasteiger partial charge in [-0.1, -0.05) is 12.1 Å². The maximum atomic E-state index is 5.80. The molecule has 0 saturated carbocycles. The zero-order chi connectivity index (χ0) is 11.7. The molecule has 0 saturated heterocycles. The van der Waals surface area contributed by atoms with Gasteiger partial charge in [0.05, 0.1) is 5.92 Å². The van der Waals surface area contributed by atoms with Crippen LogP contribution in [0.25, 0.3) is 11.4 Å². The lowest BCUT2D eigenvalue weighted by Crippen LogP contribution is -2.22. The standard InChI is InChI=1S/C11H15N3OS/c1-6-4-16-5-9(6)10-13-11(15-14-10)7(2)8(3)12/h4-5,7-8H,12H2,1-3H3. The molecule has 0 aliphatic carbocycles. The normalized spacial score (nSPS) is 15.0. The summed E-state index contributed by atoms with van der Waals surface area (Å²) < 4.78 is 5.23. The van der Waals surface area contributed by atoms with Gasteiger partial charge in [0.25, 0.3) is 0 Å². The molecule has 2 rings (SSSR count). The second kappa shape index (κ2) is 4.35. The van der Waals surface area contributed by atoms with Crippen LogP contribution in [0.4, 0.5) is 0 Å². The van der Waals surface area contributed by atoms with Crippen LogP contribution >= 0.6 is 11.3 Å². The van der Waals surface area contributed by atoms with E-state index in [0.29, 0.717) is 11.7 Å². The summed E-state index contributed by atoms with van der Waals surface area (Å²) in [5, 5.41) is 8.09. The molecule has 0 aliphatic heterocycles. The molecule has 2 unspecified atom stereocenters. The monoisotopic (exact) mass is 237 g/mol. The Morgan fingerprint density at radius 2 is 2.12 bits per heavy atom. The second-order valence-corrected chi connectivity index (χ2v) is 4.82. The quantitative estimate of drug-likeness (QED) is 0.891. The molecule has 86 valence electrons. The van der Waals surface area contributed by atoms with E-state index in [1.807, 2.05) is 26.2 Å². The maximum absolute atomic E-state index is 5.80. The Bertz CT molecular complexity index is 475. The molecule has 2 aromatic rings. The highest BCUT2D eigenvalue weighted by atomic mass is 32.1. The van der Waals surface area contributed by atoms with Crippen LogP contribution in [0.3, 0.4) is 0 Å². The molecule has 0 spiro atoms. The second-order valence-electron chi connectivity index (χ2n) is 4.07. The van der Waals surface area contributed by atoms with E-state index < -0.39 is 0 Å². The first-order chi connectivity index (χ1) is 7.59. The SMILES string of the molecule is Cc1cscc1-c1noc(C(C)C(C)N)n1. The van der Waals surface area contributed by atoms with Gasteiger partial charge in [0.15, 0.2) is 0 Å². The summed E-state index contributed by atoms with van der Waals surface area (Å²) in [5.41, 5.74) is 8.01. The molecule has 5 heteroatoms. The van der Waals surface area contributed by atoms with Crippen LogP contribution in [-0.2, 0) is 0 Å². The number of hydrogen-bond donors (Lipinski definition) is 1. The summed E-state index contributed by atoms with van der Waals surface area (Å²) in [7, 11) is 0. The van der Waals surface area contributed by atoms with Crippen LogP contribution in [0.5, 0.6) is 0 Å². The van der Waals surface area contributed by atoms with Crippen LogP contribution in [-0.4, -0.2) is 16.2 Å². The van der Waals surface area contributed by atoms with Crippen molar-refractivity contribution in [1.82, 2.24) is 10.1 Å². The third kappa shape index (κ3) is 2.01. The van der Waals surface area contributed by atoms with E-state index in [-0.39, 0.29) is 12.0 Å². The molecular weight excluding hydrogens is 222 g/mol. The number of hydrogen-bond acceptors (Lipinski definition) is 5. The van der Waals surface area contributed by atoms with Crippen molar-refractivity contribution >= 4 is 11.3 Å². The third-order valence-corrected chi connectivity index (χ3v) is 3.58. The molecule has 2 heterocycles. The molecule has 2 N–H and O–H groups in total. The molecule has 0 aromatic carbocycles. The van der Waals surface area contributed by atoms with E-state index in [1.54, 1.807) is 11.3 Å². The van der Waals surface area contributed by atoms with Crippen molar-refractivity contribution in [2.24, 2.45) is 5.73 Å². The third-order valence-electron chi connectivity index (χ3n) is 2.72. The lowest BCUT2D eigenvalue weighted by Gasteiger charge is -2.09. The van der Waals surface area contributed by atoms with Crippen molar-refractivity contribution in [2.45, 2.75) is 32.7 Å². The van der Waals surface area contributed by atoms with Crippen LogP contribution in [0, 0.1) is 6.92 Å². The minimum atomic E-state index is 0.0110. The van der Waals surface area contributed by atoms with Gasteiger partial charge in [-0.3, -0.25) is 0 Å². The molecule has 0 radical (unpaired) electrons. The van der Waals surface area contributed by atoms with Gasteiger partial charge < -0.3 is 10.3 Å². The zero-order valence-electron chi connectivity index (χ0n) is 9.60. The Labute approximate surface area is 98.5 Å². The van der Waals surface area contributed by atoms with Crippen molar-refractivity contribution in [3.63, 3.8) is 0 Å². The molecule has 0 bridgehead atoms. The topological polar surface area (TPSA) is 64.9 Å². The van der Waals surface area contributed by atoms with Gasteiger partial charge in [-0.15, -0.1) is 0 Å². The number of rotatable bonds is 3. The van der Waals surface area contributed by atoms with Gasteiger partial charge in [-0.2, -0.15) is 16.3 Å². The average Bonchev–Trinajstić information content (AvgIpc) is 2.84. The molecule has 16 heavy (non-hydrogen) atoms. The summed E-state index contributed by atoms with van der Waals surface area (Å²) >= 11 is 1.64. The lowest BCUT2D eigenvalue weighted by molar-refractivity contribution is 0.346. The molecule has 0 fully saturated rings. The number of nitrogens with two attached hydrogens (primary N) is 1. The van der Waals surface area contributed by atoms with Gasteiger partial charge in [-0.25, -0.2) is 0 Å². The van der Waals surface area contributed by atoms with E-state index >= 15 is 0 Å². The predicted molar refractivity (Wildman–Crippen MR) is 64.4 cm³/mol. The van der Waals surface area contributed by atoms with Crippen LogP contribution in [0.1, 0.15) is 31.2 Å². The summed E-state index contributed by atoms with van der Waals surface area (Å²) in [5.74, 6) is 1.34. The van der Waals surface area contributed by atoms with Crippen LogP contribution < -0.4 is 5.73 Å². The first-order valence-electron chi connectivity index (χ1n) is 5.22. The number of nitrogens with zero attached hydrogens (tertiary/aromatic N) is 2. The number of thiophene rings is 1. The van der Waals surface area contributed by atoms with Gasteiger partial charge in [0, 0.05) is 17.0 Å². The smallest absolute Gasteiger partial charge is 0.231 e. The van der Waals surface area contributed by atoms with E-state index in [2.05, 4.69) is 15.5 Å². The van der Waals surface area contributed by atoms with Gasteiger partial charge in [-0.05, 0) is 24.8 Å². The van der Waals surface area contributed by atoms with Crippen molar-refractivity contribution in [3.05, 3.63) is 22.2 Å². The van der Waals surface area contributed by atoms with E-state index in [9.17, 15) is 0 Å². The average molecular weight is 237 g/mol. The zero-order valence-corrected chi connectivity index (χ0v) is 10.4. The largest absolute Gasteiger partial charge is 0.339 e. The molecule has 0 amide bonds. The number of aromatic nitrogens is 2. The maximum Gasteiger partial charge on any atom is 0.231 e. The fourth-order valence-electron chi connectivity index (χ4n) is 1.34. The molecule has 2 aromatic heterocycles. The highest BCUT2D eigenvalue weighted by molar-refractivity contribution is 7.08. The fourth-order valence-corrected chi connectivity index (χ4v) is 2.17. The van der Waals surface area contributed by atoms with Crippen molar-refractivity contribution in [1.29, 1.82) is 0 Å². The molecule has 2 atom stereocenters. The van der Waals surface area contributed by atoms with Gasteiger partial charge >= 0.3 is 0 Å². The van der Waals surface area contributed by atoms with E-state index in [0.717, 1.165) is 5.56 Å². The predicted octanol–water partition coefficient (Wildman–Crippen LogP) is 2.56. The minimum absolute atomic E-state index is 0.0110. The minimum Gasteiger partial charge on any atom is -0.339 e.